The molecule has 0 saturated carbocycles. The van der Waals surface area contributed by atoms with Crippen LogP contribution in [0, 0.1) is 11.8 Å². The zero-order chi connectivity index (χ0) is 12.4. The largest absolute Gasteiger partial charge is 0.492 e. The van der Waals surface area contributed by atoms with E-state index in [9.17, 15) is 4.79 Å². The number of ether oxygens (including phenoxy) is 1. The summed E-state index contributed by atoms with van der Waals surface area (Å²) in [7, 11) is 0. The Labute approximate surface area is 107 Å². The van der Waals surface area contributed by atoms with E-state index in [0.29, 0.717) is 12.5 Å². The summed E-state index contributed by atoms with van der Waals surface area (Å²) in [6, 6.07) is 7.94. The second-order valence-electron chi connectivity index (χ2n) is 5.09. The molecule has 1 aromatic rings. The molecule has 1 atom stereocenters. The van der Waals surface area contributed by atoms with Crippen molar-refractivity contribution in [1.82, 2.24) is 10.6 Å². The predicted molar refractivity (Wildman–Crippen MR) is 68.5 cm³/mol. The minimum Gasteiger partial charge on any atom is -0.492 e. The van der Waals surface area contributed by atoms with Gasteiger partial charge in [0.25, 0.3) is 0 Å². The molecule has 0 aromatic heterocycles. The van der Waals surface area contributed by atoms with Crippen LogP contribution in [-0.4, -0.2) is 32.1 Å². The maximum Gasteiger partial charge on any atom is 0.226 e. The van der Waals surface area contributed by atoms with Gasteiger partial charge in [0.1, 0.15) is 12.4 Å². The van der Waals surface area contributed by atoms with Crippen molar-refractivity contribution in [3.8, 4) is 5.75 Å². The molecule has 18 heavy (non-hydrogen) atoms. The Morgan fingerprint density at radius 2 is 2.22 bits per heavy atom. The Morgan fingerprint density at radius 3 is 3.00 bits per heavy atom. The first-order valence-electron chi connectivity index (χ1n) is 6.52. The summed E-state index contributed by atoms with van der Waals surface area (Å²) in [6.45, 7) is 3.31. The summed E-state index contributed by atoms with van der Waals surface area (Å²) in [6.07, 6.45) is 0.783. The topological polar surface area (TPSA) is 50.4 Å². The van der Waals surface area contributed by atoms with Crippen LogP contribution in [0.25, 0.3) is 0 Å². The first-order valence-corrected chi connectivity index (χ1v) is 6.52. The molecule has 1 aromatic carbocycles. The van der Waals surface area contributed by atoms with Crippen LogP contribution in [0.3, 0.4) is 0 Å². The number of amides is 1. The number of fused-ring (bicyclic) bond motifs is 1. The maximum atomic E-state index is 12.0. The second kappa shape index (κ2) is 4.98. The number of hydrogen-bond acceptors (Lipinski definition) is 3. The van der Waals surface area contributed by atoms with Crippen LogP contribution in [-0.2, 0) is 11.2 Å². The molecule has 3 rings (SSSR count). The van der Waals surface area contributed by atoms with E-state index in [1.54, 1.807) is 0 Å². The average Bonchev–Trinajstić information content (AvgIpc) is 2.36. The van der Waals surface area contributed by atoms with E-state index in [0.717, 1.165) is 37.4 Å². The number of rotatable bonds is 3. The third-order valence-corrected chi connectivity index (χ3v) is 3.68. The van der Waals surface area contributed by atoms with Crippen LogP contribution in [0.4, 0.5) is 0 Å². The lowest BCUT2D eigenvalue weighted by Crippen LogP contribution is -2.49. The first-order chi connectivity index (χ1) is 8.83. The molecule has 2 N–H and O–H groups in total. The van der Waals surface area contributed by atoms with Crippen molar-refractivity contribution in [1.29, 1.82) is 0 Å². The minimum absolute atomic E-state index is 0.0482. The molecule has 1 amide bonds. The Morgan fingerprint density at radius 1 is 1.39 bits per heavy atom. The highest BCUT2D eigenvalue weighted by Crippen LogP contribution is 2.26. The number of hydrogen-bond donors (Lipinski definition) is 2. The van der Waals surface area contributed by atoms with E-state index >= 15 is 0 Å². The minimum atomic E-state index is -0.0482. The molecule has 1 saturated heterocycles. The molecule has 2 heterocycles. The van der Waals surface area contributed by atoms with Crippen LogP contribution in [0.15, 0.2) is 24.3 Å². The van der Waals surface area contributed by atoms with Crippen LogP contribution in [0.1, 0.15) is 5.56 Å². The number of benzene rings is 1. The fourth-order valence-electron chi connectivity index (χ4n) is 2.38. The molecule has 1 fully saturated rings. The van der Waals surface area contributed by atoms with Crippen molar-refractivity contribution in [2.45, 2.75) is 6.42 Å². The van der Waals surface area contributed by atoms with Gasteiger partial charge in [-0.05, 0) is 18.1 Å². The molecule has 4 nitrogen and oxygen atoms in total. The third-order valence-electron chi connectivity index (χ3n) is 3.68. The highest BCUT2D eigenvalue weighted by Gasteiger charge is 2.26. The zero-order valence-corrected chi connectivity index (χ0v) is 10.3. The van der Waals surface area contributed by atoms with Gasteiger partial charge in [-0.1, -0.05) is 18.2 Å². The number of carbonyl (C=O) groups excluding carboxylic acids is 1. The van der Waals surface area contributed by atoms with Crippen molar-refractivity contribution in [2.24, 2.45) is 11.8 Å². The van der Waals surface area contributed by atoms with E-state index in [-0.39, 0.29) is 11.8 Å². The summed E-state index contributed by atoms with van der Waals surface area (Å²) in [5.74, 6) is 1.60. The normalized spacial score (nSPS) is 22.6. The van der Waals surface area contributed by atoms with Crippen LogP contribution < -0.4 is 15.4 Å². The quantitative estimate of drug-likeness (QED) is 0.820. The fraction of sp³-hybridized carbons (Fsp3) is 0.500. The van der Waals surface area contributed by atoms with Gasteiger partial charge in [-0.15, -0.1) is 0 Å². The first kappa shape index (κ1) is 11.5. The van der Waals surface area contributed by atoms with E-state index < -0.39 is 0 Å². The smallest absolute Gasteiger partial charge is 0.226 e. The average molecular weight is 246 g/mol. The van der Waals surface area contributed by atoms with Gasteiger partial charge in [0, 0.05) is 25.6 Å². The van der Waals surface area contributed by atoms with Gasteiger partial charge >= 0.3 is 0 Å². The van der Waals surface area contributed by atoms with E-state index in [1.165, 1.54) is 0 Å². The summed E-state index contributed by atoms with van der Waals surface area (Å²) < 4.78 is 5.63. The van der Waals surface area contributed by atoms with E-state index in [4.69, 9.17) is 4.74 Å². The summed E-state index contributed by atoms with van der Waals surface area (Å²) in [4.78, 5) is 12.0. The van der Waals surface area contributed by atoms with Crippen molar-refractivity contribution in [3.63, 3.8) is 0 Å². The molecule has 0 spiro atoms. The van der Waals surface area contributed by atoms with Crippen molar-refractivity contribution < 1.29 is 9.53 Å². The molecule has 2 aliphatic heterocycles. The lowest BCUT2D eigenvalue weighted by molar-refractivity contribution is -0.126. The van der Waals surface area contributed by atoms with Crippen LogP contribution in [0.2, 0.25) is 0 Å². The Kier molecular flexibility index (Phi) is 3.19. The van der Waals surface area contributed by atoms with E-state index in [2.05, 4.69) is 10.6 Å². The molecule has 0 radical (unpaired) electrons. The maximum absolute atomic E-state index is 12.0. The van der Waals surface area contributed by atoms with Crippen LogP contribution >= 0.6 is 0 Å². The van der Waals surface area contributed by atoms with Gasteiger partial charge in [-0.25, -0.2) is 0 Å². The third kappa shape index (κ3) is 2.34. The Balaban J connectivity index is 1.56. The standard InChI is InChI=1S/C14H18N2O2/c17-14(16-8-10-6-15-7-10)12-5-11-3-1-2-4-13(11)18-9-12/h1-4,10,12,15H,5-9H2,(H,16,17). The van der Waals surface area contributed by atoms with Crippen molar-refractivity contribution >= 4 is 5.91 Å². The van der Waals surface area contributed by atoms with Gasteiger partial charge in [-0.3, -0.25) is 4.79 Å². The number of nitrogens with one attached hydrogen (secondary N) is 2. The summed E-state index contributed by atoms with van der Waals surface area (Å²) >= 11 is 0. The Hall–Kier alpha value is -1.55. The monoisotopic (exact) mass is 246 g/mol. The van der Waals surface area contributed by atoms with Gasteiger partial charge in [-0.2, -0.15) is 0 Å². The van der Waals surface area contributed by atoms with E-state index in [1.807, 2.05) is 24.3 Å². The molecule has 0 bridgehead atoms. The molecular weight excluding hydrogens is 228 g/mol. The van der Waals surface area contributed by atoms with Gasteiger partial charge in [0.15, 0.2) is 0 Å². The van der Waals surface area contributed by atoms with Crippen molar-refractivity contribution in [2.75, 3.05) is 26.2 Å². The molecule has 4 heteroatoms. The van der Waals surface area contributed by atoms with Gasteiger partial charge < -0.3 is 15.4 Å². The lowest BCUT2D eigenvalue weighted by Gasteiger charge is -2.29. The molecule has 0 aliphatic carbocycles. The van der Waals surface area contributed by atoms with Crippen molar-refractivity contribution in [3.05, 3.63) is 29.8 Å². The zero-order valence-electron chi connectivity index (χ0n) is 10.3. The highest BCUT2D eigenvalue weighted by atomic mass is 16.5. The fourth-order valence-corrected chi connectivity index (χ4v) is 2.38. The summed E-state index contributed by atoms with van der Waals surface area (Å²) in [5.41, 5.74) is 1.13. The number of para-hydroxylation sites is 1. The molecule has 1 unspecified atom stereocenters. The molecule has 96 valence electrons. The van der Waals surface area contributed by atoms with Gasteiger partial charge in [0.05, 0.1) is 5.92 Å². The summed E-state index contributed by atoms with van der Waals surface area (Å²) in [5, 5.41) is 6.23. The van der Waals surface area contributed by atoms with Gasteiger partial charge in [0.2, 0.25) is 5.91 Å². The van der Waals surface area contributed by atoms with Crippen LogP contribution in [0.5, 0.6) is 5.75 Å². The lowest BCUT2D eigenvalue weighted by atomic mass is 9.95. The highest BCUT2D eigenvalue weighted by molar-refractivity contribution is 5.79. The SMILES string of the molecule is O=C(NCC1CNC1)C1COc2ccccc2C1. The second-order valence-corrected chi connectivity index (χ2v) is 5.09. The predicted octanol–water partition coefficient (Wildman–Crippen LogP) is 0.573. The molecule has 2 aliphatic rings. The molecular formula is C14H18N2O2. The number of carbonyl (C=O) groups is 1. The Bertz CT molecular complexity index is 443.